The zero-order chi connectivity index (χ0) is 15.2. The van der Waals surface area contributed by atoms with Crippen LogP contribution in [0.3, 0.4) is 0 Å². The molecule has 0 aliphatic rings. The van der Waals surface area contributed by atoms with Crippen molar-refractivity contribution in [2.24, 2.45) is 0 Å². The average molecular weight is 302 g/mol. The molecule has 0 heterocycles. The van der Waals surface area contributed by atoms with E-state index in [2.05, 4.69) is 56.4 Å². The number of likely N-dealkylation sites (N-methyl/N-ethyl adjacent to an activating group) is 1. The minimum atomic E-state index is 0.448. The molecule has 1 nitrogen and oxygen atoms in total. The van der Waals surface area contributed by atoms with Crippen molar-refractivity contribution in [3.8, 4) is 0 Å². The lowest BCUT2D eigenvalue weighted by molar-refractivity contribution is 0.594. The van der Waals surface area contributed by atoms with Crippen LogP contribution in [-0.4, -0.2) is 13.1 Å². The van der Waals surface area contributed by atoms with Gasteiger partial charge >= 0.3 is 0 Å². The number of hydrogen-bond donors (Lipinski definition) is 1. The molecular weight excluding hydrogens is 278 g/mol. The average Bonchev–Trinajstić information content (AvgIpc) is 2.47. The highest BCUT2D eigenvalue weighted by atomic mass is 35.5. The van der Waals surface area contributed by atoms with Crippen LogP contribution in [0.25, 0.3) is 0 Å². The summed E-state index contributed by atoms with van der Waals surface area (Å²) in [5, 5.41) is 4.29. The first-order valence-corrected chi connectivity index (χ1v) is 8.00. The van der Waals surface area contributed by atoms with Gasteiger partial charge in [0.15, 0.2) is 0 Å². The first kappa shape index (κ1) is 16.1. The number of benzene rings is 2. The molecule has 1 N–H and O–H groups in total. The fraction of sp³-hybridized carbons (Fsp3) is 0.368. The van der Waals surface area contributed by atoms with Gasteiger partial charge in [0.2, 0.25) is 0 Å². The third-order valence-corrected chi connectivity index (χ3v) is 4.17. The van der Waals surface area contributed by atoms with E-state index in [4.69, 9.17) is 11.6 Å². The number of nitrogens with one attached hydrogen (secondary N) is 1. The molecule has 112 valence electrons. The Morgan fingerprint density at radius 1 is 1.10 bits per heavy atom. The van der Waals surface area contributed by atoms with Gasteiger partial charge in [-0.25, -0.2) is 0 Å². The van der Waals surface area contributed by atoms with Gasteiger partial charge < -0.3 is 5.32 Å². The van der Waals surface area contributed by atoms with Crippen molar-refractivity contribution in [1.82, 2.24) is 5.32 Å². The lowest BCUT2D eigenvalue weighted by Gasteiger charge is -2.20. The van der Waals surface area contributed by atoms with E-state index in [1.54, 1.807) is 0 Å². The van der Waals surface area contributed by atoms with Crippen LogP contribution in [-0.2, 0) is 6.42 Å². The highest BCUT2D eigenvalue weighted by molar-refractivity contribution is 6.30. The molecular formula is C19H24ClN. The molecule has 0 radical (unpaired) electrons. The Morgan fingerprint density at radius 2 is 1.90 bits per heavy atom. The zero-order valence-electron chi connectivity index (χ0n) is 13.1. The van der Waals surface area contributed by atoms with Crippen LogP contribution < -0.4 is 5.32 Å². The number of rotatable bonds is 6. The summed E-state index contributed by atoms with van der Waals surface area (Å²) in [6.45, 7) is 8.46. The van der Waals surface area contributed by atoms with Crippen LogP contribution in [0.2, 0.25) is 5.02 Å². The monoisotopic (exact) mass is 301 g/mol. The van der Waals surface area contributed by atoms with Gasteiger partial charge in [-0.3, -0.25) is 0 Å². The summed E-state index contributed by atoms with van der Waals surface area (Å²) < 4.78 is 0. The molecule has 21 heavy (non-hydrogen) atoms. The SMILES string of the molecule is CCNCC(Cc1cc(C)ccc1C)c1cccc(Cl)c1. The van der Waals surface area contributed by atoms with Crippen LogP contribution in [0.15, 0.2) is 42.5 Å². The molecule has 0 saturated carbocycles. The van der Waals surface area contributed by atoms with Crippen molar-refractivity contribution in [2.45, 2.75) is 33.1 Å². The van der Waals surface area contributed by atoms with E-state index in [0.29, 0.717) is 5.92 Å². The molecule has 0 aliphatic heterocycles. The summed E-state index contributed by atoms with van der Waals surface area (Å²) in [6.07, 6.45) is 1.04. The van der Waals surface area contributed by atoms with E-state index in [9.17, 15) is 0 Å². The quantitative estimate of drug-likeness (QED) is 0.801. The normalized spacial score (nSPS) is 12.4. The molecule has 2 rings (SSSR count). The molecule has 0 amide bonds. The molecule has 2 aromatic carbocycles. The molecule has 2 heteroatoms. The largest absolute Gasteiger partial charge is 0.316 e. The van der Waals surface area contributed by atoms with Gasteiger partial charge in [0.05, 0.1) is 0 Å². The number of aryl methyl sites for hydroxylation is 2. The van der Waals surface area contributed by atoms with E-state index in [-0.39, 0.29) is 0 Å². The lowest BCUT2D eigenvalue weighted by atomic mass is 9.89. The Balaban J connectivity index is 2.25. The molecule has 0 spiro atoms. The zero-order valence-corrected chi connectivity index (χ0v) is 13.9. The molecule has 0 aromatic heterocycles. The van der Waals surface area contributed by atoms with Gasteiger partial charge in [-0.15, -0.1) is 0 Å². The van der Waals surface area contributed by atoms with E-state index in [0.717, 1.165) is 24.5 Å². The Morgan fingerprint density at radius 3 is 2.62 bits per heavy atom. The van der Waals surface area contributed by atoms with Gasteiger partial charge in [0.25, 0.3) is 0 Å². The van der Waals surface area contributed by atoms with E-state index in [1.807, 2.05) is 12.1 Å². The third-order valence-electron chi connectivity index (χ3n) is 3.93. The summed E-state index contributed by atoms with van der Waals surface area (Å²) in [7, 11) is 0. The van der Waals surface area contributed by atoms with Gasteiger partial charge in [-0.2, -0.15) is 0 Å². The standard InChI is InChI=1S/C19H24ClN/c1-4-21-13-18(16-6-5-7-19(20)12-16)11-17-10-14(2)8-9-15(17)3/h5-10,12,18,21H,4,11,13H2,1-3H3. The predicted molar refractivity (Wildman–Crippen MR) is 92.4 cm³/mol. The predicted octanol–water partition coefficient (Wildman–Crippen LogP) is 4.89. The highest BCUT2D eigenvalue weighted by Gasteiger charge is 2.14. The molecule has 0 bridgehead atoms. The second-order valence-electron chi connectivity index (χ2n) is 5.69. The fourth-order valence-corrected chi connectivity index (χ4v) is 2.87. The van der Waals surface area contributed by atoms with Crippen molar-refractivity contribution in [3.63, 3.8) is 0 Å². The molecule has 0 aliphatic carbocycles. The third kappa shape index (κ3) is 4.59. The van der Waals surface area contributed by atoms with Gasteiger partial charge in [0.1, 0.15) is 0 Å². The van der Waals surface area contributed by atoms with Gasteiger partial charge in [0, 0.05) is 17.5 Å². The summed E-state index contributed by atoms with van der Waals surface area (Å²) >= 11 is 6.16. The summed E-state index contributed by atoms with van der Waals surface area (Å²) in [5.41, 5.74) is 5.43. The summed E-state index contributed by atoms with van der Waals surface area (Å²) in [4.78, 5) is 0. The van der Waals surface area contributed by atoms with E-state index < -0.39 is 0 Å². The van der Waals surface area contributed by atoms with E-state index >= 15 is 0 Å². The topological polar surface area (TPSA) is 12.0 Å². The fourth-order valence-electron chi connectivity index (χ4n) is 2.67. The molecule has 2 aromatic rings. The van der Waals surface area contributed by atoms with Crippen molar-refractivity contribution < 1.29 is 0 Å². The van der Waals surface area contributed by atoms with E-state index in [1.165, 1.54) is 22.3 Å². The van der Waals surface area contributed by atoms with Crippen LogP contribution in [0.4, 0.5) is 0 Å². The van der Waals surface area contributed by atoms with Crippen molar-refractivity contribution in [3.05, 3.63) is 69.7 Å². The maximum absolute atomic E-state index is 6.16. The first-order chi connectivity index (χ1) is 10.1. The summed E-state index contributed by atoms with van der Waals surface area (Å²) in [6, 6.07) is 14.9. The van der Waals surface area contributed by atoms with Crippen LogP contribution in [0.5, 0.6) is 0 Å². The molecule has 0 saturated heterocycles. The van der Waals surface area contributed by atoms with Crippen molar-refractivity contribution in [1.29, 1.82) is 0 Å². The maximum Gasteiger partial charge on any atom is 0.0408 e. The molecule has 0 fully saturated rings. The minimum Gasteiger partial charge on any atom is -0.316 e. The molecule has 1 unspecified atom stereocenters. The minimum absolute atomic E-state index is 0.448. The van der Waals surface area contributed by atoms with Crippen LogP contribution in [0.1, 0.15) is 35.1 Å². The Bertz CT molecular complexity index is 592. The molecule has 1 atom stereocenters. The second kappa shape index (κ2) is 7.63. The Hall–Kier alpha value is -1.31. The van der Waals surface area contributed by atoms with Crippen molar-refractivity contribution in [2.75, 3.05) is 13.1 Å². The second-order valence-corrected chi connectivity index (χ2v) is 6.13. The van der Waals surface area contributed by atoms with Gasteiger partial charge in [-0.1, -0.05) is 54.4 Å². The van der Waals surface area contributed by atoms with Crippen LogP contribution >= 0.6 is 11.6 Å². The lowest BCUT2D eigenvalue weighted by Crippen LogP contribution is -2.23. The number of hydrogen-bond acceptors (Lipinski definition) is 1. The first-order valence-electron chi connectivity index (χ1n) is 7.62. The Kier molecular flexibility index (Phi) is 5.84. The van der Waals surface area contributed by atoms with Gasteiger partial charge in [-0.05, 0) is 55.6 Å². The smallest absolute Gasteiger partial charge is 0.0408 e. The highest BCUT2D eigenvalue weighted by Crippen LogP contribution is 2.25. The Labute approximate surface area is 133 Å². The van der Waals surface area contributed by atoms with Crippen molar-refractivity contribution >= 4 is 11.6 Å². The maximum atomic E-state index is 6.16. The number of halogens is 1. The van der Waals surface area contributed by atoms with Crippen LogP contribution in [0, 0.1) is 13.8 Å². The summed E-state index contributed by atoms with van der Waals surface area (Å²) in [5.74, 6) is 0.448.